The van der Waals surface area contributed by atoms with E-state index in [1.807, 2.05) is 13.0 Å². The van der Waals surface area contributed by atoms with Gasteiger partial charge in [-0.15, -0.1) is 0 Å². The molecule has 5 heteroatoms. The van der Waals surface area contributed by atoms with E-state index in [2.05, 4.69) is 5.32 Å². The highest BCUT2D eigenvalue weighted by atomic mass is 19.1. The zero-order valence-corrected chi connectivity index (χ0v) is 11.4. The number of methoxy groups -OCH3 is 1. The Labute approximate surface area is 112 Å². The molecule has 2 N–H and O–H groups in total. The molecule has 1 aromatic rings. The summed E-state index contributed by atoms with van der Waals surface area (Å²) < 4.78 is 18.4. The van der Waals surface area contributed by atoms with Crippen LogP contribution >= 0.6 is 0 Å². The maximum absolute atomic E-state index is 13.5. The van der Waals surface area contributed by atoms with E-state index < -0.39 is 12.0 Å². The number of aliphatic carboxylic acids is 1. The van der Waals surface area contributed by atoms with E-state index in [1.165, 1.54) is 13.2 Å². The number of carbonyl (C=O) groups is 1. The van der Waals surface area contributed by atoms with Gasteiger partial charge < -0.3 is 15.2 Å². The molecule has 0 aliphatic heterocycles. The second kappa shape index (κ2) is 7.09. The lowest BCUT2D eigenvalue weighted by Crippen LogP contribution is -2.36. The van der Waals surface area contributed by atoms with E-state index in [0.29, 0.717) is 13.0 Å². The van der Waals surface area contributed by atoms with Gasteiger partial charge in [-0.05, 0) is 43.5 Å². The van der Waals surface area contributed by atoms with Crippen LogP contribution in [-0.2, 0) is 11.2 Å². The second-order valence-corrected chi connectivity index (χ2v) is 4.75. The van der Waals surface area contributed by atoms with Crippen LogP contribution in [0.3, 0.4) is 0 Å². The molecule has 0 fully saturated rings. The maximum atomic E-state index is 13.5. The van der Waals surface area contributed by atoms with Crippen molar-refractivity contribution in [2.75, 3.05) is 13.7 Å². The average molecular weight is 269 g/mol. The largest absolute Gasteiger partial charge is 0.494 e. The lowest BCUT2D eigenvalue weighted by molar-refractivity contribution is -0.139. The number of ether oxygens (including phenoxy) is 1. The van der Waals surface area contributed by atoms with Gasteiger partial charge in [-0.1, -0.05) is 13.0 Å². The first-order chi connectivity index (χ1) is 8.93. The molecule has 0 amide bonds. The van der Waals surface area contributed by atoms with Crippen LogP contribution in [0.1, 0.15) is 19.4 Å². The smallest absolute Gasteiger partial charge is 0.320 e. The molecule has 0 aromatic heterocycles. The molecule has 0 heterocycles. The highest BCUT2D eigenvalue weighted by Gasteiger charge is 2.12. The van der Waals surface area contributed by atoms with Crippen molar-refractivity contribution in [3.05, 3.63) is 29.6 Å². The summed E-state index contributed by atoms with van der Waals surface area (Å²) in [5, 5.41) is 11.7. The Hall–Kier alpha value is -1.62. The summed E-state index contributed by atoms with van der Waals surface area (Å²) in [4.78, 5) is 10.7. The third-order valence-corrected chi connectivity index (χ3v) is 2.94. The molecule has 1 rings (SSSR count). The van der Waals surface area contributed by atoms with Gasteiger partial charge in [-0.25, -0.2) is 4.39 Å². The van der Waals surface area contributed by atoms with Crippen molar-refractivity contribution in [3.8, 4) is 5.75 Å². The second-order valence-electron chi connectivity index (χ2n) is 4.75. The van der Waals surface area contributed by atoms with Gasteiger partial charge in [0.05, 0.1) is 7.11 Å². The first-order valence-electron chi connectivity index (χ1n) is 6.22. The number of hydrogen-bond donors (Lipinski definition) is 2. The number of halogens is 1. The summed E-state index contributed by atoms with van der Waals surface area (Å²) in [7, 11) is 1.43. The summed E-state index contributed by atoms with van der Waals surface area (Å²) >= 11 is 0. The Morgan fingerprint density at radius 1 is 1.47 bits per heavy atom. The minimum absolute atomic E-state index is 0.217. The van der Waals surface area contributed by atoms with Gasteiger partial charge in [-0.3, -0.25) is 4.79 Å². The molecule has 0 bridgehead atoms. The van der Waals surface area contributed by atoms with Crippen LogP contribution in [0.2, 0.25) is 0 Å². The van der Waals surface area contributed by atoms with E-state index in [0.717, 1.165) is 5.56 Å². The van der Waals surface area contributed by atoms with Gasteiger partial charge in [0.15, 0.2) is 11.6 Å². The summed E-state index contributed by atoms with van der Waals surface area (Å²) in [5.74, 6) is -0.801. The Kier molecular flexibility index (Phi) is 5.76. The van der Waals surface area contributed by atoms with E-state index in [1.54, 1.807) is 13.0 Å². The molecule has 0 spiro atoms. The van der Waals surface area contributed by atoms with E-state index in [-0.39, 0.29) is 17.5 Å². The Balaban J connectivity index is 2.50. The van der Waals surface area contributed by atoms with E-state index in [4.69, 9.17) is 9.84 Å². The number of rotatable bonds is 7. The Bertz CT molecular complexity index is 437. The molecule has 2 atom stereocenters. The molecule has 4 nitrogen and oxygen atoms in total. The molecule has 0 saturated heterocycles. The molecule has 0 aliphatic carbocycles. The quantitative estimate of drug-likeness (QED) is 0.795. The molecular weight excluding hydrogens is 249 g/mol. The number of nitrogens with one attached hydrogen (secondary N) is 1. The SMILES string of the molecule is COc1ccc(CC(C)CN[C@H](C)C(=O)O)cc1F. The standard InChI is InChI=1S/C14H20FNO3/c1-9(8-16-10(2)14(17)18)6-11-4-5-13(19-3)12(15)7-11/h4-5,7,9-10,16H,6,8H2,1-3H3,(H,17,18)/t9?,10-/m1/s1. The van der Waals surface area contributed by atoms with Gasteiger partial charge in [0.2, 0.25) is 0 Å². The minimum atomic E-state index is -0.873. The lowest BCUT2D eigenvalue weighted by Gasteiger charge is -2.15. The van der Waals surface area contributed by atoms with Gasteiger partial charge in [-0.2, -0.15) is 0 Å². The molecule has 106 valence electrons. The predicted octanol–water partition coefficient (Wildman–Crippen LogP) is 2.08. The summed E-state index contributed by atoms with van der Waals surface area (Å²) in [6.07, 6.45) is 0.681. The maximum Gasteiger partial charge on any atom is 0.320 e. The van der Waals surface area contributed by atoms with Crippen molar-refractivity contribution in [1.29, 1.82) is 0 Å². The first kappa shape index (κ1) is 15.4. The molecule has 0 radical (unpaired) electrons. The Morgan fingerprint density at radius 2 is 2.16 bits per heavy atom. The van der Waals surface area contributed by atoms with Crippen molar-refractivity contribution in [3.63, 3.8) is 0 Å². The highest BCUT2D eigenvalue weighted by molar-refractivity contribution is 5.72. The molecule has 1 aromatic carbocycles. The molecule has 19 heavy (non-hydrogen) atoms. The normalized spacial score (nSPS) is 13.9. The number of benzene rings is 1. The fraction of sp³-hybridized carbons (Fsp3) is 0.500. The summed E-state index contributed by atoms with van der Waals surface area (Å²) in [5.41, 5.74) is 0.871. The highest BCUT2D eigenvalue weighted by Crippen LogP contribution is 2.19. The fourth-order valence-electron chi connectivity index (χ4n) is 1.78. The predicted molar refractivity (Wildman–Crippen MR) is 70.9 cm³/mol. The van der Waals surface area contributed by atoms with Crippen LogP contribution in [0.5, 0.6) is 5.75 Å². The van der Waals surface area contributed by atoms with Crippen LogP contribution in [0.4, 0.5) is 4.39 Å². The van der Waals surface area contributed by atoms with Crippen LogP contribution in [0, 0.1) is 11.7 Å². The van der Waals surface area contributed by atoms with Gasteiger partial charge in [0.25, 0.3) is 0 Å². The summed E-state index contributed by atoms with van der Waals surface area (Å²) in [6.45, 7) is 4.16. The number of hydrogen-bond acceptors (Lipinski definition) is 3. The van der Waals surface area contributed by atoms with Crippen molar-refractivity contribution in [1.82, 2.24) is 5.32 Å². The van der Waals surface area contributed by atoms with Gasteiger partial charge in [0, 0.05) is 0 Å². The van der Waals surface area contributed by atoms with Crippen LogP contribution in [0.15, 0.2) is 18.2 Å². The van der Waals surface area contributed by atoms with Gasteiger partial charge in [0.1, 0.15) is 6.04 Å². The topological polar surface area (TPSA) is 58.6 Å². The fourth-order valence-corrected chi connectivity index (χ4v) is 1.78. The zero-order valence-electron chi connectivity index (χ0n) is 11.4. The summed E-state index contributed by atoms with van der Waals surface area (Å²) in [6, 6.07) is 4.30. The molecule has 0 aliphatic rings. The third-order valence-electron chi connectivity index (χ3n) is 2.94. The van der Waals surface area contributed by atoms with Crippen LogP contribution in [0.25, 0.3) is 0 Å². The first-order valence-corrected chi connectivity index (χ1v) is 6.22. The Morgan fingerprint density at radius 3 is 2.68 bits per heavy atom. The van der Waals surface area contributed by atoms with Crippen LogP contribution in [-0.4, -0.2) is 30.8 Å². The average Bonchev–Trinajstić information content (AvgIpc) is 2.36. The van der Waals surface area contributed by atoms with Crippen molar-refractivity contribution in [2.45, 2.75) is 26.3 Å². The number of carboxylic acids is 1. The monoisotopic (exact) mass is 269 g/mol. The molecule has 0 saturated carbocycles. The number of carboxylic acid groups (broad SMARTS) is 1. The minimum Gasteiger partial charge on any atom is -0.494 e. The van der Waals surface area contributed by atoms with E-state index in [9.17, 15) is 9.18 Å². The zero-order chi connectivity index (χ0) is 14.4. The molecule has 1 unspecified atom stereocenters. The van der Waals surface area contributed by atoms with Gasteiger partial charge >= 0.3 is 5.97 Å². The van der Waals surface area contributed by atoms with Crippen molar-refractivity contribution >= 4 is 5.97 Å². The van der Waals surface area contributed by atoms with Crippen molar-refractivity contribution in [2.24, 2.45) is 5.92 Å². The van der Waals surface area contributed by atoms with Crippen LogP contribution < -0.4 is 10.1 Å². The lowest BCUT2D eigenvalue weighted by atomic mass is 10.0. The van der Waals surface area contributed by atoms with Crippen molar-refractivity contribution < 1.29 is 19.0 Å². The third kappa shape index (κ3) is 4.87. The van der Waals surface area contributed by atoms with E-state index >= 15 is 0 Å². The molecular formula is C14H20FNO3.